The predicted molar refractivity (Wildman–Crippen MR) is 74.4 cm³/mol. The molecule has 0 radical (unpaired) electrons. The number of carbonyl (C=O) groups is 2. The molecule has 1 aromatic carbocycles. The summed E-state index contributed by atoms with van der Waals surface area (Å²) in [5.41, 5.74) is -1.22. The lowest BCUT2D eigenvalue weighted by Gasteiger charge is -2.24. The number of carbonyl (C=O) groups excluding carboxylic acids is 1. The zero-order chi connectivity index (χ0) is 14.8. The number of ether oxygens (including phenoxy) is 1. The molecule has 1 aromatic rings. The van der Waals surface area contributed by atoms with Gasteiger partial charge in [0.2, 0.25) is 0 Å². The number of amides is 1. The van der Waals surface area contributed by atoms with Gasteiger partial charge >= 0.3 is 5.97 Å². The summed E-state index contributed by atoms with van der Waals surface area (Å²) in [6.07, 6.45) is 0.371. The molecule has 1 amide bonds. The summed E-state index contributed by atoms with van der Waals surface area (Å²) in [5, 5.41) is 21.6. The minimum absolute atomic E-state index is 0.0309. The third kappa shape index (κ3) is 2.67. The van der Waals surface area contributed by atoms with E-state index in [0.29, 0.717) is 23.7 Å². The Morgan fingerprint density at radius 3 is 2.70 bits per heavy atom. The molecule has 1 atom stereocenters. The van der Waals surface area contributed by atoms with Crippen molar-refractivity contribution in [1.29, 1.82) is 0 Å². The Bertz CT molecular complexity index is 540. The van der Waals surface area contributed by atoms with Crippen molar-refractivity contribution in [3.8, 4) is 11.5 Å². The van der Waals surface area contributed by atoms with Gasteiger partial charge in [0.15, 0.2) is 0 Å². The lowest BCUT2D eigenvalue weighted by molar-refractivity contribution is -0.143. The highest BCUT2D eigenvalue weighted by Gasteiger charge is 2.43. The molecule has 1 aliphatic heterocycles. The number of hydrogen-bond donors (Lipinski definition) is 3. The highest BCUT2D eigenvalue weighted by molar-refractivity contribution is 7.99. The van der Waals surface area contributed by atoms with Crippen molar-refractivity contribution in [1.82, 2.24) is 5.32 Å². The molecule has 108 valence electrons. The van der Waals surface area contributed by atoms with Gasteiger partial charge in [-0.1, -0.05) is 0 Å². The number of aromatic hydroxyl groups is 1. The third-order valence-electron chi connectivity index (χ3n) is 3.23. The summed E-state index contributed by atoms with van der Waals surface area (Å²) in [5.74, 6) is -0.470. The monoisotopic (exact) mass is 297 g/mol. The third-order valence-corrected chi connectivity index (χ3v) is 4.42. The largest absolute Gasteiger partial charge is 0.507 e. The second kappa shape index (κ2) is 5.62. The van der Waals surface area contributed by atoms with Crippen LogP contribution in [-0.2, 0) is 4.79 Å². The lowest BCUT2D eigenvalue weighted by atomic mass is 9.98. The van der Waals surface area contributed by atoms with E-state index < -0.39 is 17.4 Å². The average molecular weight is 297 g/mol. The summed E-state index contributed by atoms with van der Waals surface area (Å²) in [4.78, 5) is 23.5. The summed E-state index contributed by atoms with van der Waals surface area (Å²) in [6.45, 7) is 0. The zero-order valence-corrected chi connectivity index (χ0v) is 11.7. The number of carboxylic acids is 1. The van der Waals surface area contributed by atoms with Crippen molar-refractivity contribution in [2.24, 2.45) is 0 Å². The number of carboxylic acid groups (broad SMARTS) is 1. The van der Waals surface area contributed by atoms with Gasteiger partial charge in [0.25, 0.3) is 5.91 Å². The van der Waals surface area contributed by atoms with Crippen LogP contribution in [0.1, 0.15) is 16.8 Å². The van der Waals surface area contributed by atoms with E-state index in [1.165, 1.54) is 37.1 Å². The van der Waals surface area contributed by atoms with Crippen LogP contribution >= 0.6 is 11.8 Å². The van der Waals surface area contributed by atoms with Gasteiger partial charge in [-0.2, -0.15) is 11.8 Å². The van der Waals surface area contributed by atoms with Crippen LogP contribution in [0.15, 0.2) is 18.2 Å². The molecular weight excluding hydrogens is 282 g/mol. The van der Waals surface area contributed by atoms with Crippen molar-refractivity contribution in [2.75, 3.05) is 18.6 Å². The summed E-state index contributed by atoms with van der Waals surface area (Å²) in [6, 6.07) is 4.25. The Morgan fingerprint density at radius 1 is 1.45 bits per heavy atom. The van der Waals surface area contributed by atoms with E-state index in [4.69, 9.17) is 4.74 Å². The molecule has 0 aliphatic carbocycles. The number of thioether (sulfide) groups is 1. The summed E-state index contributed by atoms with van der Waals surface area (Å²) in [7, 11) is 1.45. The first-order chi connectivity index (χ1) is 9.48. The van der Waals surface area contributed by atoms with Gasteiger partial charge in [-0.25, -0.2) is 4.79 Å². The van der Waals surface area contributed by atoms with Crippen molar-refractivity contribution >= 4 is 23.6 Å². The Hall–Kier alpha value is -1.89. The van der Waals surface area contributed by atoms with E-state index >= 15 is 0 Å². The van der Waals surface area contributed by atoms with Crippen molar-refractivity contribution in [3.63, 3.8) is 0 Å². The minimum Gasteiger partial charge on any atom is -0.507 e. The standard InChI is InChI=1S/C13H15NO5S/c1-19-8-2-3-9(10(15)6-8)11(16)14-13(12(17)18)4-5-20-7-13/h2-3,6,15H,4-5,7H2,1H3,(H,14,16)(H,17,18). The highest BCUT2D eigenvalue weighted by atomic mass is 32.2. The minimum atomic E-state index is -1.26. The van der Waals surface area contributed by atoms with Crippen molar-refractivity contribution < 1.29 is 24.5 Å². The molecule has 1 aliphatic rings. The molecule has 1 unspecified atom stereocenters. The number of rotatable bonds is 4. The number of hydrogen-bond acceptors (Lipinski definition) is 5. The van der Waals surface area contributed by atoms with Gasteiger partial charge in [-0.15, -0.1) is 0 Å². The maximum Gasteiger partial charge on any atom is 0.330 e. The quantitative estimate of drug-likeness (QED) is 0.770. The van der Waals surface area contributed by atoms with Gasteiger partial charge in [-0.05, 0) is 24.3 Å². The number of phenolic OH excluding ortho intramolecular Hbond substituents is 1. The molecule has 6 nitrogen and oxygen atoms in total. The van der Waals surface area contributed by atoms with E-state index in [1.54, 1.807) is 0 Å². The topological polar surface area (TPSA) is 95.9 Å². The van der Waals surface area contributed by atoms with Crippen LogP contribution in [0, 0.1) is 0 Å². The lowest BCUT2D eigenvalue weighted by Crippen LogP contribution is -2.54. The van der Waals surface area contributed by atoms with Crippen LogP contribution in [0.25, 0.3) is 0 Å². The van der Waals surface area contributed by atoms with Crippen LogP contribution in [0.2, 0.25) is 0 Å². The van der Waals surface area contributed by atoms with Crippen LogP contribution in [0.4, 0.5) is 0 Å². The normalized spacial score (nSPS) is 21.4. The molecule has 3 N–H and O–H groups in total. The smallest absolute Gasteiger partial charge is 0.330 e. The maximum atomic E-state index is 12.1. The van der Waals surface area contributed by atoms with E-state index in [9.17, 15) is 19.8 Å². The highest BCUT2D eigenvalue weighted by Crippen LogP contribution is 2.30. The molecule has 1 fully saturated rings. The molecule has 0 spiro atoms. The number of methoxy groups -OCH3 is 1. The van der Waals surface area contributed by atoms with Gasteiger partial charge in [0.05, 0.1) is 12.7 Å². The molecule has 0 aromatic heterocycles. The Balaban J connectivity index is 2.21. The Labute approximate surface area is 120 Å². The van der Waals surface area contributed by atoms with Crippen LogP contribution < -0.4 is 10.1 Å². The number of benzene rings is 1. The van der Waals surface area contributed by atoms with Gasteiger partial charge in [0.1, 0.15) is 17.0 Å². The number of phenols is 1. The summed E-state index contributed by atoms with van der Waals surface area (Å²) < 4.78 is 4.93. The van der Waals surface area contributed by atoms with Gasteiger partial charge in [0, 0.05) is 11.8 Å². The molecule has 20 heavy (non-hydrogen) atoms. The molecule has 7 heteroatoms. The van der Waals surface area contributed by atoms with Crippen LogP contribution in [0.5, 0.6) is 11.5 Å². The Kier molecular flexibility index (Phi) is 4.08. The van der Waals surface area contributed by atoms with Gasteiger partial charge < -0.3 is 20.3 Å². The van der Waals surface area contributed by atoms with E-state index in [1.807, 2.05) is 0 Å². The molecule has 2 rings (SSSR count). The van der Waals surface area contributed by atoms with E-state index in [2.05, 4.69) is 5.32 Å². The fourth-order valence-electron chi connectivity index (χ4n) is 2.00. The Morgan fingerprint density at radius 2 is 2.20 bits per heavy atom. The molecule has 1 heterocycles. The first-order valence-corrected chi connectivity index (χ1v) is 7.15. The van der Waals surface area contributed by atoms with E-state index in [-0.39, 0.29) is 11.3 Å². The van der Waals surface area contributed by atoms with Crippen molar-refractivity contribution in [2.45, 2.75) is 12.0 Å². The predicted octanol–water partition coefficient (Wildman–Crippen LogP) is 1.09. The molecule has 0 bridgehead atoms. The van der Waals surface area contributed by atoms with Gasteiger partial charge in [-0.3, -0.25) is 4.79 Å². The van der Waals surface area contributed by atoms with Crippen LogP contribution in [0.3, 0.4) is 0 Å². The second-order valence-electron chi connectivity index (χ2n) is 4.53. The van der Waals surface area contributed by atoms with Crippen LogP contribution in [-0.4, -0.2) is 46.2 Å². The van der Waals surface area contributed by atoms with E-state index in [0.717, 1.165) is 0 Å². The maximum absolute atomic E-state index is 12.1. The molecular formula is C13H15NO5S. The average Bonchev–Trinajstić information content (AvgIpc) is 2.88. The molecule has 1 saturated heterocycles. The first-order valence-electron chi connectivity index (χ1n) is 5.99. The second-order valence-corrected chi connectivity index (χ2v) is 5.63. The fourth-order valence-corrected chi connectivity index (χ4v) is 3.33. The fraction of sp³-hybridized carbons (Fsp3) is 0.385. The number of aliphatic carboxylic acids is 1. The van der Waals surface area contributed by atoms with Crippen molar-refractivity contribution in [3.05, 3.63) is 23.8 Å². The molecule has 0 saturated carbocycles. The SMILES string of the molecule is COc1ccc(C(=O)NC2(C(=O)O)CCSC2)c(O)c1. The first kappa shape index (κ1) is 14.5. The number of nitrogens with one attached hydrogen (secondary N) is 1. The summed E-state index contributed by atoms with van der Waals surface area (Å²) >= 11 is 1.48. The zero-order valence-electron chi connectivity index (χ0n) is 10.9.